The highest BCUT2D eigenvalue weighted by atomic mass is 35.5. The number of para-hydroxylation sites is 1. The Labute approximate surface area is 136 Å². The molecule has 3 rings (SSSR count). The van der Waals surface area contributed by atoms with E-state index in [9.17, 15) is 4.79 Å². The van der Waals surface area contributed by atoms with Gasteiger partial charge in [-0.2, -0.15) is 5.10 Å². The number of halogens is 1. The zero-order valence-corrected chi connectivity index (χ0v) is 13.4. The van der Waals surface area contributed by atoms with E-state index in [2.05, 4.69) is 10.4 Å². The molecule has 0 bridgehead atoms. The molecule has 1 saturated heterocycles. The highest BCUT2D eigenvalue weighted by molar-refractivity contribution is 5.92. The van der Waals surface area contributed by atoms with Gasteiger partial charge in [0.2, 0.25) is 0 Å². The van der Waals surface area contributed by atoms with Crippen LogP contribution in [0.5, 0.6) is 0 Å². The van der Waals surface area contributed by atoms with E-state index in [1.165, 1.54) is 0 Å². The normalized spacial score (nSPS) is 17.3. The summed E-state index contributed by atoms with van der Waals surface area (Å²) in [6.45, 7) is 2.60. The fourth-order valence-corrected chi connectivity index (χ4v) is 2.80. The maximum absolute atomic E-state index is 12.5. The average Bonchev–Trinajstić information content (AvgIpc) is 3.17. The van der Waals surface area contributed by atoms with Gasteiger partial charge in [-0.3, -0.25) is 4.79 Å². The predicted molar refractivity (Wildman–Crippen MR) is 88.7 cm³/mol. The average molecular weight is 321 g/mol. The highest BCUT2D eigenvalue weighted by Crippen LogP contribution is 2.18. The van der Waals surface area contributed by atoms with E-state index < -0.39 is 0 Å². The smallest absolute Gasteiger partial charge is 0.274 e. The number of benzene rings is 1. The lowest BCUT2D eigenvalue weighted by Crippen LogP contribution is -2.30. The van der Waals surface area contributed by atoms with Crippen molar-refractivity contribution in [1.29, 1.82) is 0 Å². The van der Waals surface area contributed by atoms with Gasteiger partial charge in [0.05, 0.1) is 5.69 Å². The third-order valence-electron chi connectivity index (χ3n) is 3.89. The molecule has 1 N–H and O–H groups in total. The zero-order valence-electron chi connectivity index (χ0n) is 12.6. The predicted octanol–water partition coefficient (Wildman–Crippen LogP) is 1.98. The van der Waals surface area contributed by atoms with Crippen molar-refractivity contribution in [2.75, 3.05) is 26.7 Å². The first-order valence-corrected chi connectivity index (χ1v) is 7.33. The van der Waals surface area contributed by atoms with Gasteiger partial charge in [-0.05, 0) is 44.1 Å². The fraction of sp³-hybridized carbons (Fsp3) is 0.375. The number of hydrogen-bond acceptors (Lipinski definition) is 3. The van der Waals surface area contributed by atoms with Crippen LogP contribution in [0.4, 0.5) is 0 Å². The third-order valence-corrected chi connectivity index (χ3v) is 3.89. The van der Waals surface area contributed by atoms with Crippen LogP contribution in [0.1, 0.15) is 16.9 Å². The van der Waals surface area contributed by atoms with E-state index in [1.807, 2.05) is 48.5 Å². The molecule has 1 aromatic carbocycles. The van der Waals surface area contributed by atoms with Gasteiger partial charge in [-0.15, -0.1) is 12.4 Å². The number of rotatable bonds is 4. The van der Waals surface area contributed by atoms with Crippen LogP contribution in [-0.4, -0.2) is 47.3 Å². The fourth-order valence-electron chi connectivity index (χ4n) is 2.80. The SMILES string of the molecule is CNCC1CCN(C(=O)c2ccn(-c3ccccc3)n2)C1.Cl. The number of aromatic nitrogens is 2. The minimum absolute atomic E-state index is 0. The van der Waals surface area contributed by atoms with E-state index >= 15 is 0 Å². The number of likely N-dealkylation sites (tertiary alicyclic amines) is 1. The summed E-state index contributed by atoms with van der Waals surface area (Å²) in [5.74, 6) is 0.582. The Balaban J connectivity index is 0.00000176. The Morgan fingerprint density at radius 3 is 2.82 bits per heavy atom. The first kappa shape index (κ1) is 16.5. The van der Waals surface area contributed by atoms with Gasteiger partial charge in [0.25, 0.3) is 5.91 Å². The summed E-state index contributed by atoms with van der Waals surface area (Å²) < 4.78 is 1.74. The largest absolute Gasteiger partial charge is 0.337 e. The third kappa shape index (κ3) is 3.48. The van der Waals surface area contributed by atoms with Gasteiger partial charge in [0, 0.05) is 19.3 Å². The molecule has 22 heavy (non-hydrogen) atoms. The molecule has 5 nitrogen and oxygen atoms in total. The van der Waals surface area contributed by atoms with Crippen molar-refractivity contribution in [3.8, 4) is 5.69 Å². The number of amides is 1. The molecule has 1 aliphatic heterocycles. The molecule has 1 aliphatic rings. The summed E-state index contributed by atoms with van der Waals surface area (Å²) in [4.78, 5) is 14.4. The summed E-state index contributed by atoms with van der Waals surface area (Å²) in [6, 6.07) is 11.6. The van der Waals surface area contributed by atoms with Crippen molar-refractivity contribution in [3.05, 3.63) is 48.3 Å². The second-order valence-electron chi connectivity index (χ2n) is 5.44. The molecular weight excluding hydrogens is 300 g/mol. The van der Waals surface area contributed by atoms with Crippen LogP contribution in [0, 0.1) is 5.92 Å². The molecule has 118 valence electrons. The monoisotopic (exact) mass is 320 g/mol. The van der Waals surface area contributed by atoms with Crippen LogP contribution >= 0.6 is 12.4 Å². The molecule has 1 fully saturated rings. The van der Waals surface area contributed by atoms with Gasteiger partial charge < -0.3 is 10.2 Å². The lowest BCUT2D eigenvalue weighted by atomic mass is 10.1. The first-order chi connectivity index (χ1) is 10.3. The molecule has 0 radical (unpaired) electrons. The van der Waals surface area contributed by atoms with Crippen molar-refractivity contribution < 1.29 is 4.79 Å². The molecule has 6 heteroatoms. The van der Waals surface area contributed by atoms with E-state index in [-0.39, 0.29) is 18.3 Å². The molecule has 0 aliphatic carbocycles. The summed E-state index contributed by atoms with van der Waals surface area (Å²) >= 11 is 0. The van der Waals surface area contributed by atoms with Crippen molar-refractivity contribution in [2.45, 2.75) is 6.42 Å². The van der Waals surface area contributed by atoms with Crippen molar-refractivity contribution in [1.82, 2.24) is 20.0 Å². The minimum Gasteiger partial charge on any atom is -0.337 e. The molecule has 1 amide bonds. The van der Waals surface area contributed by atoms with Crippen LogP contribution in [-0.2, 0) is 0 Å². The Morgan fingerprint density at radius 1 is 1.32 bits per heavy atom. The number of nitrogens with one attached hydrogen (secondary N) is 1. The maximum Gasteiger partial charge on any atom is 0.274 e. The number of hydrogen-bond donors (Lipinski definition) is 1. The van der Waals surface area contributed by atoms with Gasteiger partial charge in [-0.25, -0.2) is 4.68 Å². The summed E-state index contributed by atoms with van der Waals surface area (Å²) in [5, 5.41) is 7.58. The standard InChI is InChI=1S/C16H20N4O.ClH/c1-17-11-13-7-9-19(12-13)16(21)15-8-10-20(18-15)14-5-3-2-4-6-14;/h2-6,8,10,13,17H,7,9,11-12H2,1H3;1H. The zero-order chi connectivity index (χ0) is 14.7. The van der Waals surface area contributed by atoms with Crippen LogP contribution in [0.25, 0.3) is 5.69 Å². The van der Waals surface area contributed by atoms with Crippen LogP contribution in [0.2, 0.25) is 0 Å². The molecule has 1 atom stereocenters. The van der Waals surface area contributed by atoms with E-state index in [1.54, 1.807) is 10.7 Å². The van der Waals surface area contributed by atoms with Gasteiger partial charge in [-0.1, -0.05) is 18.2 Å². The molecule has 0 saturated carbocycles. The Bertz CT molecular complexity index is 614. The van der Waals surface area contributed by atoms with Crippen LogP contribution < -0.4 is 5.32 Å². The molecule has 0 spiro atoms. The molecule has 2 aromatic rings. The number of nitrogens with zero attached hydrogens (tertiary/aromatic N) is 3. The van der Waals surface area contributed by atoms with Crippen molar-refractivity contribution in [3.63, 3.8) is 0 Å². The number of carbonyl (C=O) groups is 1. The Kier molecular flexibility index (Phi) is 5.57. The minimum atomic E-state index is 0. The highest BCUT2D eigenvalue weighted by Gasteiger charge is 2.27. The molecule has 1 aromatic heterocycles. The Morgan fingerprint density at radius 2 is 2.09 bits per heavy atom. The van der Waals surface area contributed by atoms with E-state index in [0.717, 1.165) is 31.7 Å². The van der Waals surface area contributed by atoms with Crippen molar-refractivity contribution >= 4 is 18.3 Å². The summed E-state index contributed by atoms with van der Waals surface area (Å²) in [6.07, 6.45) is 2.90. The van der Waals surface area contributed by atoms with Crippen LogP contribution in [0.15, 0.2) is 42.6 Å². The van der Waals surface area contributed by atoms with E-state index in [0.29, 0.717) is 11.6 Å². The first-order valence-electron chi connectivity index (χ1n) is 7.33. The van der Waals surface area contributed by atoms with Gasteiger partial charge >= 0.3 is 0 Å². The molecule has 1 unspecified atom stereocenters. The molecular formula is C16H21ClN4O. The second-order valence-corrected chi connectivity index (χ2v) is 5.44. The molecule has 2 heterocycles. The van der Waals surface area contributed by atoms with Crippen LogP contribution in [0.3, 0.4) is 0 Å². The van der Waals surface area contributed by atoms with Gasteiger partial charge in [0.15, 0.2) is 5.69 Å². The topological polar surface area (TPSA) is 50.2 Å². The summed E-state index contributed by atoms with van der Waals surface area (Å²) in [7, 11) is 1.95. The van der Waals surface area contributed by atoms with Gasteiger partial charge in [0.1, 0.15) is 0 Å². The van der Waals surface area contributed by atoms with E-state index in [4.69, 9.17) is 0 Å². The lowest BCUT2D eigenvalue weighted by molar-refractivity contribution is 0.0781. The summed E-state index contributed by atoms with van der Waals surface area (Å²) in [5.41, 5.74) is 1.48. The number of carbonyl (C=O) groups excluding carboxylic acids is 1. The Hall–Kier alpha value is -1.85. The lowest BCUT2D eigenvalue weighted by Gasteiger charge is -2.15. The van der Waals surface area contributed by atoms with Crippen molar-refractivity contribution in [2.24, 2.45) is 5.92 Å². The second kappa shape index (κ2) is 7.42. The maximum atomic E-state index is 12.5. The quantitative estimate of drug-likeness (QED) is 0.937.